The first-order valence-corrected chi connectivity index (χ1v) is 3.76. The molecule has 0 aromatic heterocycles. The molecule has 1 N–H and O–H groups in total. The fourth-order valence-electron chi connectivity index (χ4n) is 0.635. The van der Waals surface area contributed by atoms with Gasteiger partial charge in [-0.05, 0) is 13.0 Å². The summed E-state index contributed by atoms with van der Waals surface area (Å²) in [5.41, 5.74) is 0. The number of rotatable bonds is 6. The van der Waals surface area contributed by atoms with Crippen LogP contribution in [0.1, 0.15) is 20.3 Å². The number of hydrogen-bond acceptors (Lipinski definition) is 2. The first-order valence-electron chi connectivity index (χ1n) is 3.76. The normalized spacial score (nSPS) is 11.5. The van der Waals surface area contributed by atoms with E-state index < -0.39 is 6.61 Å². The molecule has 0 fully saturated rings. The maximum atomic E-state index is 11.4. The van der Waals surface area contributed by atoms with E-state index in [0.717, 1.165) is 6.54 Å². The van der Waals surface area contributed by atoms with Crippen molar-refractivity contribution in [2.45, 2.75) is 32.9 Å². The Morgan fingerprint density at radius 3 is 2.45 bits per heavy atom. The van der Waals surface area contributed by atoms with Crippen molar-refractivity contribution < 1.29 is 13.5 Å². The minimum Gasteiger partial charge on any atom is -0.323 e. The molecule has 11 heavy (non-hydrogen) atoms. The van der Waals surface area contributed by atoms with E-state index >= 15 is 0 Å². The smallest absolute Gasteiger partial charge is 0.323 e. The molecule has 0 aromatic carbocycles. The van der Waals surface area contributed by atoms with Gasteiger partial charge in [-0.1, -0.05) is 13.8 Å². The predicted molar refractivity (Wildman–Crippen MR) is 39.7 cm³/mol. The van der Waals surface area contributed by atoms with Crippen LogP contribution in [0, 0.1) is 0 Å². The second-order valence-corrected chi connectivity index (χ2v) is 2.59. The fraction of sp³-hybridized carbons (Fsp3) is 1.00. The fourth-order valence-corrected chi connectivity index (χ4v) is 0.635. The minimum absolute atomic E-state index is 0.122. The van der Waals surface area contributed by atoms with Crippen molar-refractivity contribution in [3.63, 3.8) is 0 Å². The topological polar surface area (TPSA) is 21.3 Å². The summed E-state index contributed by atoms with van der Waals surface area (Å²) >= 11 is 0. The highest BCUT2D eigenvalue weighted by Gasteiger charge is 1.99. The molecule has 0 saturated carbocycles. The summed E-state index contributed by atoms with van der Waals surface area (Å²) in [4.78, 5) is 0. The Morgan fingerprint density at radius 2 is 2.00 bits per heavy atom. The lowest BCUT2D eigenvalue weighted by molar-refractivity contribution is -0.129. The third-order valence-electron chi connectivity index (χ3n) is 1.12. The van der Waals surface area contributed by atoms with Crippen molar-refractivity contribution in [2.24, 2.45) is 0 Å². The zero-order chi connectivity index (χ0) is 8.69. The number of nitrogens with one attached hydrogen (secondary N) is 1. The van der Waals surface area contributed by atoms with Crippen LogP contribution in [0.15, 0.2) is 0 Å². The van der Waals surface area contributed by atoms with Crippen molar-refractivity contribution in [1.82, 2.24) is 5.32 Å². The molecule has 2 nitrogen and oxygen atoms in total. The summed E-state index contributed by atoms with van der Waals surface area (Å²) in [6.07, 6.45) is 0.628. The molecule has 0 spiro atoms. The number of halogens is 2. The van der Waals surface area contributed by atoms with Gasteiger partial charge in [-0.25, -0.2) is 0 Å². The number of hydrogen-bond donors (Lipinski definition) is 1. The Labute approximate surface area is 65.9 Å². The van der Waals surface area contributed by atoms with Crippen molar-refractivity contribution in [3.8, 4) is 0 Å². The Kier molecular flexibility index (Phi) is 6.36. The molecule has 68 valence electrons. The van der Waals surface area contributed by atoms with Crippen LogP contribution in [0.2, 0.25) is 0 Å². The molecule has 0 aliphatic rings. The Hall–Kier alpha value is -0.220. The molecule has 0 unspecified atom stereocenters. The molecule has 4 heteroatoms. The second-order valence-electron chi connectivity index (χ2n) is 2.59. The average Bonchev–Trinajstić information content (AvgIpc) is 1.85. The van der Waals surface area contributed by atoms with Crippen molar-refractivity contribution in [3.05, 3.63) is 0 Å². The SMILES string of the molecule is CC(C)NCCCOC(F)F. The van der Waals surface area contributed by atoms with E-state index in [4.69, 9.17) is 0 Å². The molecule has 0 aliphatic carbocycles. The van der Waals surface area contributed by atoms with Crippen LogP contribution in [0.5, 0.6) is 0 Å². The molecule has 0 rings (SSSR count). The molecule has 0 radical (unpaired) electrons. The second kappa shape index (κ2) is 6.49. The average molecular weight is 167 g/mol. The van der Waals surface area contributed by atoms with Crippen LogP contribution in [0.25, 0.3) is 0 Å². The van der Waals surface area contributed by atoms with E-state index in [0.29, 0.717) is 12.5 Å². The summed E-state index contributed by atoms with van der Waals surface area (Å²) < 4.78 is 26.8. The van der Waals surface area contributed by atoms with Crippen LogP contribution in [0.4, 0.5) is 8.78 Å². The Morgan fingerprint density at radius 1 is 1.36 bits per heavy atom. The van der Waals surface area contributed by atoms with E-state index in [1.807, 2.05) is 13.8 Å². The summed E-state index contributed by atoms with van der Waals surface area (Å²) in [5.74, 6) is 0. The van der Waals surface area contributed by atoms with E-state index in [-0.39, 0.29) is 6.61 Å². The standard InChI is InChI=1S/C7H15F2NO/c1-6(2)10-4-3-5-11-7(8)9/h6-7,10H,3-5H2,1-2H3. The van der Waals surface area contributed by atoms with Crippen LogP contribution >= 0.6 is 0 Å². The van der Waals surface area contributed by atoms with Crippen molar-refractivity contribution >= 4 is 0 Å². The molecule has 0 saturated heterocycles. The highest BCUT2D eigenvalue weighted by molar-refractivity contribution is 4.51. The van der Waals surface area contributed by atoms with Crippen LogP contribution in [0.3, 0.4) is 0 Å². The van der Waals surface area contributed by atoms with Crippen LogP contribution in [-0.4, -0.2) is 25.8 Å². The van der Waals surface area contributed by atoms with Gasteiger partial charge in [0.15, 0.2) is 0 Å². The molecule has 0 aliphatic heterocycles. The summed E-state index contributed by atoms with van der Waals surface area (Å²) in [5, 5.41) is 3.09. The van der Waals surface area contributed by atoms with Gasteiger partial charge in [0.25, 0.3) is 0 Å². The van der Waals surface area contributed by atoms with E-state index in [1.54, 1.807) is 0 Å². The van der Waals surface area contributed by atoms with Gasteiger partial charge in [0.1, 0.15) is 0 Å². The van der Waals surface area contributed by atoms with Gasteiger partial charge in [-0.3, -0.25) is 0 Å². The summed E-state index contributed by atoms with van der Waals surface area (Å²) in [6, 6.07) is 0.404. The molecular formula is C7H15F2NO. The van der Waals surface area contributed by atoms with E-state index in [1.165, 1.54) is 0 Å². The number of ether oxygens (including phenoxy) is 1. The Bertz CT molecular complexity index is 78.5. The van der Waals surface area contributed by atoms with Crippen LogP contribution in [-0.2, 0) is 4.74 Å². The van der Waals surface area contributed by atoms with Gasteiger partial charge in [-0.15, -0.1) is 0 Å². The van der Waals surface area contributed by atoms with Crippen molar-refractivity contribution in [1.29, 1.82) is 0 Å². The number of alkyl halides is 2. The lowest BCUT2D eigenvalue weighted by Crippen LogP contribution is -2.24. The first-order chi connectivity index (χ1) is 5.13. The monoisotopic (exact) mass is 167 g/mol. The van der Waals surface area contributed by atoms with Crippen molar-refractivity contribution in [2.75, 3.05) is 13.2 Å². The molecular weight excluding hydrogens is 152 g/mol. The molecule has 0 bridgehead atoms. The molecule has 0 heterocycles. The van der Waals surface area contributed by atoms with Gasteiger partial charge in [0, 0.05) is 6.04 Å². The first kappa shape index (κ1) is 10.8. The van der Waals surface area contributed by atoms with Crippen LogP contribution < -0.4 is 5.32 Å². The third kappa shape index (κ3) is 9.78. The van der Waals surface area contributed by atoms with E-state index in [2.05, 4.69) is 10.1 Å². The van der Waals surface area contributed by atoms with Gasteiger partial charge >= 0.3 is 6.61 Å². The van der Waals surface area contributed by atoms with Gasteiger partial charge in [0.2, 0.25) is 0 Å². The maximum Gasteiger partial charge on any atom is 0.345 e. The zero-order valence-electron chi connectivity index (χ0n) is 6.94. The van der Waals surface area contributed by atoms with E-state index in [9.17, 15) is 8.78 Å². The predicted octanol–water partition coefficient (Wildman–Crippen LogP) is 1.61. The quantitative estimate of drug-likeness (QED) is 0.607. The Balaban J connectivity index is 2.91. The lowest BCUT2D eigenvalue weighted by Gasteiger charge is -2.07. The maximum absolute atomic E-state index is 11.4. The van der Waals surface area contributed by atoms with Gasteiger partial charge in [0.05, 0.1) is 6.61 Å². The molecule has 0 atom stereocenters. The lowest BCUT2D eigenvalue weighted by atomic mass is 10.3. The summed E-state index contributed by atoms with van der Waals surface area (Å²) in [6.45, 7) is 2.23. The minimum atomic E-state index is -2.63. The highest BCUT2D eigenvalue weighted by Crippen LogP contribution is 1.94. The highest BCUT2D eigenvalue weighted by atomic mass is 19.3. The van der Waals surface area contributed by atoms with Gasteiger partial charge in [-0.2, -0.15) is 8.78 Å². The third-order valence-corrected chi connectivity index (χ3v) is 1.12. The molecule has 0 aromatic rings. The molecule has 0 amide bonds. The summed E-state index contributed by atoms with van der Waals surface area (Å²) in [7, 11) is 0. The largest absolute Gasteiger partial charge is 0.345 e. The zero-order valence-corrected chi connectivity index (χ0v) is 6.94. The van der Waals surface area contributed by atoms with Gasteiger partial charge < -0.3 is 10.1 Å².